The Kier molecular flexibility index (Phi) is 5.44. The molecule has 0 radical (unpaired) electrons. The van der Waals surface area contributed by atoms with Crippen molar-refractivity contribution in [1.29, 1.82) is 0 Å². The molecule has 0 spiro atoms. The van der Waals surface area contributed by atoms with Crippen LogP contribution in [0.25, 0.3) is 0 Å². The van der Waals surface area contributed by atoms with Gasteiger partial charge in [0.25, 0.3) is 0 Å². The van der Waals surface area contributed by atoms with E-state index in [-0.39, 0.29) is 5.41 Å². The lowest BCUT2D eigenvalue weighted by atomic mass is 9.86. The maximum Gasteiger partial charge on any atom is 0.123 e. The number of nitrogens with one attached hydrogen (secondary N) is 1. The average molecular weight is 277 g/mol. The quantitative estimate of drug-likeness (QED) is 0.810. The van der Waals surface area contributed by atoms with E-state index in [2.05, 4.69) is 44.3 Å². The van der Waals surface area contributed by atoms with Crippen molar-refractivity contribution in [3.05, 3.63) is 29.8 Å². The third-order valence-corrected chi connectivity index (χ3v) is 3.63. The number of hydrogen-bond acceptors (Lipinski definition) is 3. The van der Waals surface area contributed by atoms with Gasteiger partial charge in [-0.3, -0.25) is 0 Å². The molecule has 1 aliphatic heterocycles. The van der Waals surface area contributed by atoms with E-state index in [1.54, 1.807) is 0 Å². The normalized spacial score (nSPS) is 19.2. The summed E-state index contributed by atoms with van der Waals surface area (Å²) in [7, 11) is 0. The summed E-state index contributed by atoms with van der Waals surface area (Å²) in [6, 6.07) is 8.31. The van der Waals surface area contributed by atoms with Crippen LogP contribution in [0.5, 0.6) is 5.75 Å². The molecule has 1 fully saturated rings. The zero-order valence-electron chi connectivity index (χ0n) is 12.9. The highest BCUT2D eigenvalue weighted by Gasteiger charge is 2.18. The SMILES string of the molecule is CC(C)(C)c1ccccc1OCCNC[C@@H]1CCCO1. The molecule has 1 aliphatic rings. The van der Waals surface area contributed by atoms with Gasteiger partial charge in [0.1, 0.15) is 12.4 Å². The topological polar surface area (TPSA) is 30.5 Å². The zero-order chi connectivity index (χ0) is 14.4. The first-order valence-corrected chi connectivity index (χ1v) is 7.62. The van der Waals surface area contributed by atoms with Crippen LogP contribution in [0.3, 0.4) is 0 Å². The van der Waals surface area contributed by atoms with E-state index >= 15 is 0 Å². The van der Waals surface area contributed by atoms with E-state index in [1.165, 1.54) is 18.4 Å². The van der Waals surface area contributed by atoms with E-state index in [4.69, 9.17) is 9.47 Å². The molecule has 1 atom stereocenters. The van der Waals surface area contributed by atoms with Crippen LogP contribution in [0.1, 0.15) is 39.2 Å². The molecular formula is C17H27NO2. The Hall–Kier alpha value is -1.06. The summed E-state index contributed by atoms with van der Waals surface area (Å²) >= 11 is 0. The number of ether oxygens (including phenoxy) is 2. The number of hydrogen-bond donors (Lipinski definition) is 1. The van der Waals surface area contributed by atoms with Gasteiger partial charge in [-0.2, -0.15) is 0 Å². The molecule has 1 saturated heterocycles. The Morgan fingerprint density at radius 2 is 2.10 bits per heavy atom. The zero-order valence-corrected chi connectivity index (χ0v) is 12.9. The van der Waals surface area contributed by atoms with Crippen molar-refractivity contribution in [2.45, 2.75) is 45.1 Å². The largest absolute Gasteiger partial charge is 0.492 e. The highest BCUT2D eigenvalue weighted by molar-refractivity contribution is 5.38. The van der Waals surface area contributed by atoms with Crippen molar-refractivity contribution in [3.63, 3.8) is 0 Å². The predicted molar refractivity (Wildman–Crippen MR) is 82.5 cm³/mol. The van der Waals surface area contributed by atoms with Gasteiger partial charge in [-0.05, 0) is 29.9 Å². The third kappa shape index (κ3) is 4.50. The molecule has 3 heteroatoms. The van der Waals surface area contributed by atoms with Gasteiger partial charge in [0.2, 0.25) is 0 Å². The third-order valence-electron chi connectivity index (χ3n) is 3.63. The Labute approximate surface area is 122 Å². The van der Waals surface area contributed by atoms with Crippen LogP contribution in [0, 0.1) is 0 Å². The molecule has 20 heavy (non-hydrogen) atoms. The van der Waals surface area contributed by atoms with Crippen LogP contribution < -0.4 is 10.1 Å². The highest BCUT2D eigenvalue weighted by Crippen LogP contribution is 2.30. The van der Waals surface area contributed by atoms with Gasteiger partial charge in [0, 0.05) is 19.7 Å². The van der Waals surface area contributed by atoms with E-state index in [9.17, 15) is 0 Å². The molecule has 0 amide bonds. The van der Waals surface area contributed by atoms with Gasteiger partial charge in [-0.1, -0.05) is 39.0 Å². The Morgan fingerprint density at radius 3 is 2.80 bits per heavy atom. The number of rotatable bonds is 6. The summed E-state index contributed by atoms with van der Waals surface area (Å²) in [4.78, 5) is 0. The van der Waals surface area contributed by atoms with Gasteiger partial charge >= 0.3 is 0 Å². The summed E-state index contributed by atoms with van der Waals surface area (Å²) in [6.45, 7) is 10.0. The second-order valence-electron chi connectivity index (χ2n) is 6.43. The minimum atomic E-state index is 0.113. The van der Waals surface area contributed by atoms with E-state index in [0.717, 1.165) is 25.4 Å². The molecule has 2 rings (SSSR count). The Bertz CT molecular complexity index is 406. The van der Waals surface area contributed by atoms with Crippen LogP contribution in [0.2, 0.25) is 0 Å². The smallest absolute Gasteiger partial charge is 0.123 e. The highest BCUT2D eigenvalue weighted by atomic mass is 16.5. The minimum absolute atomic E-state index is 0.113. The molecule has 0 bridgehead atoms. The molecule has 1 heterocycles. The van der Waals surface area contributed by atoms with Crippen LogP contribution in [0.4, 0.5) is 0 Å². The first-order valence-electron chi connectivity index (χ1n) is 7.62. The minimum Gasteiger partial charge on any atom is -0.492 e. The molecule has 1 aromatic carbocycles. The van der Waals surface area contributed by atoms with Crippen molar-refractivity contribution < 1.29 is 9.47 Å². The van der Waals surface area contributed by atoms with E-state index < -0.39 is 0 Å². The van der Waals surface area contributed by atoms with Crippen LogP contribution in [0.15, 0.2) is 24.3 Å². The standard InChI is InChI=1S/C17H27NO2/c1-17(2,3)15-8-4-5-9-16(15)20-12-10-18-13-14-7-6-11-19-14/h4-5,8-9,14,18H,6-7,10-13H2,1-3H3/t14-/m0/s1. The summed E-state index contributed by atoms with van der Waals surface area (Å²) in [5.41, 5.74) is 1.38. The maximum atomic E-state index is 5.93. The molecule has 1 N–H and O–H groups in total. The monoisotopic (exact) mass is 277 g/mol. The van der Waals surface area contributed by atoms with Gasteiger partial charge in [0.05, 0.1) is 6.10 Å². The second-order valence-corrected chi connectivity index (χ2v) is 6.43. The van der Waals surface area contributed by atoms with Gasteiger partial charge in [-0.25, -0.2) is 0 Å². The Morgan fingerprint density at radius 1 is 1.30 bits per heavy atom. The molecule has 0 aromatic heterocycles. The number of benzene rings is 1. The van der Waals surface area contributed by atoms with E-state index in [0.29, 0.717) is 12.7 Å². The first-order chi connectivity index (χ1) is 9.57. The fourth-order valence-electron chi connectivity index (χ4n) is 2.51. The first kappa shape index (κ1) is 15.3. The van der Waals surface area contributed by atoms with E-state index in [1.807, 2.05) is 6.07 Å². The summed E-state index contributed by atoms with van der Waals surface area (Å²) in [5.74, 6) is 0.999. The fourth-order valence-corrected chi connectivity index (χ4v) is 2.51. The van der Waals surface area contributed by atoms with Crippen molar-refractivity contribution in [1.82, 2.24) is 5.32 Å². The van der Waals surface area contributed by atoms with Gasteiger partial charge in [-0.15, -0.1) is 0 Å². The van der Waals surface area contributed by atoms with Crippen molar-refractivity contribution in [3.8, 4) is 5.75 Å². The lowest BCUT2D eigenvalue weighted by molar-refractivity contribution is 0.109. The van der Waals surface area contributed by atoms with Gasteiger partial charge < -0.3 is 14.8 Å². The molecule has 112 valence electrons. The van der Waals surface area contributed by atoms with Crippen molar-refractivity contribution in [2.24, 2.45) is 0 Å². The summed E-state index contributed by atoms with van der Waals surface area (Å²) in [6.07, 6.45) is 2.78. The maximum absolute atomic E-state index is 5.93. The molecule has 0 unspecified atom stereocenters. The fraction of sp³-hybridized carbons (Fsp3) is 0.647. The molecule has 0 saturated carbocycles. The molecule has 0 aliphatic carbocycles. The Balaban J connectivity index is 1.73. The lowest BCUT2D eigenvalue weighted by Crippen LogP contribution is -2.30. The molecular weight excluding hydrogens is 250 g/mol. The summed E-state index contributed by atoms with van der Waals surface area (Å²) in [5, 5.41) is 3.41. The van der Waals surface area contributed by atoms with Crippen molar-refractivity contribution in [2.75, 3.05) is 26.3 Å². The van der Waals surface area contributed by atoms with Crippen molar-refractivity contribution >= 4 is 0 Å². The molecule has 1 aromatic rings. The number of para-hydroxylation sites is 1. The van der Waals surface area contributed by atoms with Crippen LogP contribution >= 0.6 is 0 Å². The lowest BCUT2D eigenvalue weighted by Gasteiger charge is -2.22. The van der Waals surface area contributed by atoms with Crippen LogP contribution in [-0.2, 0) is 10.2 Å². The van der Waals surface area contributed by atoms with Gasteiger partial charge in [0.15, 0.2) is 0 Å². The average Bonchev–Trinajstić information content (AvgIpc) is 2.91. The molecule has 3 nitrogen and oxygen atoms in total. The summed E-state index contributed by atoms with van der Waals surface area (Å²) < 4.78 is 11.5. The van der Waals surface area contributed by atoms with Crippen LogP contribution in [-0.4, -0.2) is 32.4 Å². The predicted octanol–water partition coefficient (Wildman–Crippen LogP) is 3.13. The second kappa shape index (κ2) is 7.09.